The number of nitrogens with one attached hydrogen (secondary N) is 1. The highest BCUT2D eigenvalue weighted by atomic mass is 79.9. The first-order valence-corrected chi connectivity index (χ1v) is 8.96. The van der Waals surface area contributed by atoms with Gasteiger partial charge in [0.15, 0.2) is 17.2 Å². The zero-order chi connectivity index (χ0) is 19.0. The number of nitrogens with zero attached hydrogens (tertiary/aromatic N) is 5. The molecule has 0 atom stereocenters. The van der Waals surface area contributed by atoms with Crippen LogP contribution in [0.3, 0.4) is 0 Å². The molecule has 1 aromatic carbocycles. The van der Waals surface area contributed by atoms with Gasteiger partial charge in [0.05, 0.1) is 11.0 Å². The summed E-state index contributed by atoms with van der Waals surface area (Å²) in [7, 11) is 0. The Morgan fingerprint density at radius 2 is 2.15 bits per heavy atom. The van der Waals surface area contributed by atoms with Gasteiger partial charge in [-0.05, 0) is 39.7 Å². The Morgan fingerprint density at radius 3 is 2.93 bits per heavy atom. The number of carbonyl (C=O) groups is 1. The second-order valence-corrected chi connectivity index (χ2v) is 6.86. The van der Waals surface area contributed by atoms with E-state index in [1.54, 1.807) is 36.8 Å². The van der Waals surface area contributed by atoms with Crippen LogP contribution in [0, 0.1) is 5.82 Å². The van der Waals surface area contributed by atoms with Crippen LogP contribution < -0.4 is 5.32 Å². The molecule has 4 rings (SSSR count). The van der Waals surface area contributed by atoms with Crippen LogP contribution in [0.2, 0.25) is 5.02 Å². The highest BCUT2D eigenvalue weighted by Gasteiger charge is 2.20. The summed E-state index contributed by atoms with van der Waals surface area (Å²) in [5.74, 6) is -0.621. The van der Waals surface area contributed by atoms with E-state index in [-0.39, 0.29) is 22.4 Å². The van der Waals surface area contributed by atoms with E-state index in [0.717, 1.165) is 5.56 Å². The quantitative estimate of drug-likeness (QED) is 0.514. The summed E-state index contributed by atoms with van der Waals surface area (Å²) in [4.78, 5) is 16.7. The predicted molar refractivity (Wildman–Crippen MR) is 101 cm³/mol. The maximum atomic E-state index is 13.3. The van der Waals surface area contributed by atoms with E-state index in [2.05, 4.69) is 36.4 Å². The number of amides is 1. The molecule has 0 saturated heterocycles. The number of rotatable bonds is 4. The molecule has 0 radical (unpaired) electrons. The van der Waals surface area contributed by atoms with E-state index in [9.17, 15) is 9.18 Å². The molecule has 0 unspecified atom stereocenters. The van der Waals surface area contributed by atoms with Gasteiger partial charge in [-0.1, -0.05) is 23.7 Å². The van der Waals surface area contributed by atoms with E-state index in [0.29, 0.717) is 16.7 Å². The predicted octanol–water partition coefficient (Wildman–Crippen LogP) is 3.78. The summed E-state index contributed by atoms with van der Waals surface area (Å²) >= 11 is 9.51. The fourth-order valence-electron chi connectivity index (χ4n) is 2.56. The zero-order valence-electron chi connectivity index (χ0n) is 13.6. The van der Waals surface area contributed by atoms with Gasteiger partial charge in [-0.3, -0.25) is 9.48 Å². The lowest BCUT2D eigenvalue weighted by atomic mass is 10.2. The number of hydrogen-bond donors (Lipinski definition) is 1. The van der Waals surface area contributed by atoms with E-state index in [1.165, 1.54) is 21.3 Å². The fraction of sp³-hybridized carbons (Fsp3) is 0.0588. The molecule has 3 aromatic heterocycles. The Hall–Kier alpha value is -2.78. The van der Waals surface area contributed by atoms with Crippen molar-refractivity contribution in [2.24, 2.45) is 0 Å². The maximum absolute atomic E-state index is 13.3. The second-order valence-electron chi connectivity index (χ2n) is 5.66. The Labute approximate surface area is 165 Å². The van der Waals surface area contributed by atoms with Gasteiger partial charge in [-0.25, -0.2) is 13.9 Å². The van der Waals surface area contributed by atoms with Crippen LogP contribution in [-0.4, -0.2) is 30.3 Å². The lowest BCUT2D eigenvalue weighted by Crippen LogP contribution is -2.14. The topological polar surface area (TPSA) is 77.1 Å². The minimum atomic E-state index is -0.481. The van der Waals surface area contributed by atoms with E-state index in [4.69, 9.17) is 11.6 Å². The van der Waals surface area contributed by atoms with Crippen molar-refractivity contribution in [3.05, 3.63) is 75.5 Å². The smallest absolute Gasteiger partial charge is 0.278 e. The van der Waals surface area contributed by atoms with Gasteiger partial charge in [-0.15, -0.1) is 0 Å². The van der Waals surface area contributed by atoms with E-state index < -0.39 is 5.91 Å². The molecule has 1 amide bonds. The number of carbonyl (C=O) groups excluding carboxylic acids is 1. The molecular weight excluding hydrogens is 439 g/mol. The molecule has 0 bridgehead atoms. The first-order valence-electron chi connectivity index (χ1n) is 7.79. The first-order chi connectivity index (χ1) is 13.0. The number of aromatic nitrogens is 5. The van der Waals surface area contributed by atoms with Crippen LogP contribution in [-0.2, 0) is 6.54 Å². The molecule has 0 fully saturated rings. The number of benzene rings is 1. The van der Waals surface area contributed by atoms with Crippen molar-refractivity contribution >= 4 is 44.9 Å². The van der Waals surface area contributed by atoms with Gasteiger partial charge >= 0.3 is 0 Å². The average molecular weight is 450 g/mol. The Balaban J connectivity index is 1.56. The van der Waals surface area contributed by atoms with Crippen LogP contribution in [0.4, 0.5) is 10.2 Å². The molecule has 1 N–H and O–H groups in total. The van der Waals surface area contributed by atoms with Gasteiger partial charge in [0.25, 0.3) is 5.91 Å². The molecule has 0 aliphatic heterocycles. The highest BCUT2D eigenvalue weighted by Crippen LogP contribution is 2.24. The van der Waals surface area contributed by atoms with Crippen molar-refractivity contribution < 1.29 is 9.18 Å². The molecule has 0 spiro atoms. The largest absolute Gasteiger partial charge is 0.302 e. The second kappa shape index (κ2) is 7.09. The molecule has 4 aromatic rings. The molecular formula is C17H11BrClFN6O. The summed E-state index contributed by atoms with van der Waals surface area (Å²) in [5.41, 5.74) is 1.40. The maximum Gasteiger partial charge on any atom is 0.278 e. The third-order valence-corrected chi connectivity index (χ3v) is 4.74. The van der Waals surface area contributed by atoms with Crippen LogP contribution >= 0.6 is 27.5 Å². The molecule has 7 nitrogen and oxygen atoms in total. The average Bonchev–Trinajstić information content (AvgIpc) is 3.15. The molecule has 0 aliphatic carbocycles. The van der Waals surface area contributed by atoms with Crippen molar-refractivity contribution in [3.63, 3.8) is 0 Å². The van der Waals surface area contributed by atoms with Gasteiger partial charge in [0.2, 0.25) is 0 Å². The Bertz CT molecular complexity index is 1160. The van der Waals surface area contributed by atoms with Gasteiger partial charge in [0, 0.05) is 18.6 Å². The molecule has 0 aliphatic rings. The van der Waals surface area contributed by atoms with Crippen LogP contribution in [0.25, 0.3) is 5.65 Å². The van der Waals surface area contributed by atoms with Crippen molar-refractivity contribution in [3.8, 4) is 0 Å². The summed E-state index contributed by atoms with van der Waals surface area (Å²) in [5, 5.41) is 11.3. The van der Waals surface area contributed by atoms with E-state index in [1.807, 2.05) is 0 Å². The van der Waals surface area contributed by atoms with Crippen molar-refractivity contribution in [2.75, 3.05) is 5.32 Å². The minimum absolute atomic E-state index is 0.157. The standard InChI is InChI=1S/C17H11BrClFN6O/c18-13-14(23-26-6-2-5-21-16(13)26)17(27)22-15-12(19)9-25(24-15)8-10-3-1-4-11(20)7-10/h1-7,9H,8H2,(H,22,24,27). The first kappa shape index (κ1) is 17.6. The third-order valence-electron chi connectivity index (χ3n) is 3.74. The Morgan fingerprint density at radius 1 is 1.30 bits per heavy atom. The number of halogens is 3. The number of anilines is 1. The fourth-order valence-corrected chi connectivity index (χ4v) is 3.30. The molecule has 10 heteroatoms. The highest BCUT2D eigenvalue weighted by molar-refractivity contribution is 9.10. The van der Waals surface area contributed by atoms with Crippen LogP contribution in [0.15, 0.2) is 53.4 Å². The summed E-state index contributed by atoms with van der Waals surface area (Å²) in [6.45, 7) is 0.315. The SMILES string of the molecule is O=C(Nc1nn(Cc2cccc(F)c2)cc1Cl)c1nn2cccnc2c1Br. The van der Waals surface area contributed by atoms with E-state index >= 15 is 0 Å². The van der Waals surface area contributed by atoms with Crippen LogP contribution in [0.1, 0.15) is 16.1 Å². The van der Waals surface area contributed by atoms with Gasteiger partial charge < -0.3 is 5.32 Å². The summed E-state index contributed by atoms with van der Waals surface area (Å²) in [6, 6.07) is 7.88. The molecule has 0 saturated carbocycles. The Kier molecular flexibility index (Phi) is 4.63. The third kappa shape index (κ3) is 3.56. The minimum Gasteiger partial charge on any atom is -0.302 e. The lowest BCUT2D eigenvalue weighted by molar-refractivity contribution is 0.102. The molecule has 3 heterocycles. The summed E-state index contributed by atoms with van der Waals surface area (Å²) < 4.78 is 16.8. The number of fused-ring (bicyclic) bond motifs is 1. The number of hydrogen-bond acceptors (Lipinski definition) is 4. The van der Waals surface area contributed by atoms with Gasteiger partial charge in [0.1, 0.15) is 10.8 Å². The normalized spacial score (nSPS) is 11.1. The molecule has 27 heavy (non-hydrogen) atoms. The van der Waals surface area contributed by atoms with Gasteiger partial charge in [-0.2, -0.15) is 10.2 Å². The lowest BCUT2D eigenvalue weighted by Gasteiger charge is -2.02. The van der Waals surface area contributed by atoms with Crippen LogP contribution in [0.5, 0.6) is 0 Å². The molecule has 136 valence electrons. The monoisotopic (exact) mass is 448 g/mol. The van der Waals surface area contributed by atoms with Crippen molar-refractivity contribution in [1.82, 2.24) is 24.4 Å². The zero-order valence-corrected chi connectivity index (χ0v) is 15.9. The summed E-state index contributed by atoms with van der Waals surface area (Å²) in [6.07, 6.45) is 4.85. The van der Waals surface area contributed by atoms with Crippen molar-refractivity contribution in [1.29, 1.82) is 0 Å². The van der Waals surface area contributed by atoms with Crippen molar-refractivity contribution in [2.45, 2.75) is 6.54 Å².